The summed E-state index contributed by atoms with van der Waals surface area (Å²) in [6.45, 7) is 5.49. The van der Waals surface area contributed by atoms with Gasteiger partial charge < -0.3 is 21.6 Å². The minimum atomic E-state index is -1.20. The van der Waals surface area contributed by atoms with E-state index in [1.54, 1.807) is 36.9 Å². The Bertz CT molecular complexity index is 1320. The van der Waals surface area contributed by atoms with Gasteiger partial charge in [0.1, 0.15) is 11.6 Å². The summed E-state index contributed by atoms with van der Waals surface area (Å²) >= 11 is 0. The normalized spacial score (nSPS) is 12.6. The van der Waals surface area contributed by atoms with Crippen LogP contribution in [0.3, 0.4) is 0 Å². The molecule has 3 rings (SSSR count). The van der Waals surface area contributed by atoms with Crippen LogP contribution in [0.5, 0.6) is 0 Å². The summed E-state index contributed by atoms with van der Waals surface area (Å²) in [4.78, 5) is 25.9. The molecule has 8 nitrogen and oxygen atoms in total. The first-order chi connectivity index (χ1) is 18.4. The Balaban J connectivity index is 0.00000420. The van der Waals surface area contributed by atoms with Crippen molar-refractivity contribution in [1.29, 1.82) is 0 Å². The zero-order chi connectivity index (χ0) is 28.9. The summed E-state index contributed by atoms with van der Waals surface area (Å²) in [6, 6.07) is 10.6. The molecule has 3 N–H and O–H groups in total. The molecular formula is C29H36F2N3NaO5. The Morgan fingerprint density at radius 1 is 1.07 bits per heavy atom. The average Bonchev–Trinajstić information content (AvgIpc) is 3.24. The minimum absolute atomic E-state index is 0. The van der Waals surface area contributed by atoms with Crippen molar-refractivity contribution in [2.75, 3.05) is 7.05 Å². The van der Waals surface area contributed by atoms with Crippen molar-refractivity contribution in [3.05, 3.63) is 82.2 Å². The third-order valence-electron chi connectivity index (χ3n) is 6.57. The van der Waals surface area contributed by atoms with E-state index in [4.69, 9.17) is 5.11 Å². The van der Waals surface area contributed by atoms with E-state index in [0.717, 1.165) is 0 Å². The van der Waals surface area contributed by atoms with E-state index < -0.39 is 36.3 Å². The van der Waals surface area contributed by atoms with Gasteiger partial charge in [0, 0.05) is 30.4 Å². The van der Waals surface area contributed by atoms with Crippen LogP contribution in [-0.2, 0) is 17.8 Å². The quantitative estimate of drug-likeness (QED) is 0.286. The smallest absolute Gasteiger partial charge is 1.00 e. The van der Waals surface area contributed by atoms with Gasteiger partial charge >= 0.3 is 35.5 Å². The number of nitrogens with zero attached hydrogens (tertiary/aromatic N) is 3. The standard InChI is InChI=1S/C29H35F2N3O5.Na.H/c1-17(2)26-24(13-12-22(35)14-23(36)15-25(37)38)34(21-10-8-20(30)9-11-21)32-28(26)29(39)33(4)16-19-7-5-6-18(3)27(19)31;;/h5-11,17,22-23,35-36H,12-16H2,1-4H3,(H,37,38);;/q;+1;-1. The van der Waals surface area contributed by atoms with Crippen LogP contribution < -0.4 is 29.6 Å². The topological polar surface area (TPSA) is 116 Å². The summed E-state index contributed by atoms with van der Waals surface area (Å²) in [5.74, 6) is -2.55. The van der Waals surface area contributed by atoms with Crippen molar-refractivity contribution in [2.45, 2.75) is 71.1 Å². The van der Waals surface area contributed by atoms with Gasteiger partial charge in [-0.2, -0.15) is 5.10 Å². The number of hydrogen-bond donors (Lipinski definition) is 3. The van der Waals surface area contributed by atoms with Gasteiger partial charge in [0.2, 0.25) is 0 Å². The Morgan fingerprint density at radius 3 is 2.33 bits per heavy atom. The van der Waals surface area contributed by atoms with Crippen molar-refractivity contribution < 1.29 is 64.7 Å². The number of aromatic nitrogens is 2. The molecule has 2 unspecified atom stereocenters. The van der Waals surface area contributed by atoms with Crippen LogP contribution in [0.25, 0.3) is 5.69 Å². The molecule has 0 saturated carbocycles. The van der Waals surface area contributed by atoms with Crippen LogP contribution in [0.15, 0.2) is 42.5 Å². The van der Waals surface area contributed by atoms with Gasteiger partial charge in [-0.3, -0.25) is 9.59 Å². The Labute approximate surface area is 256 Å². The SMILES string of the molecule is Cc1cccc(CN(C)C(=O)c2nn(-c3ccc(F)cc3)c(CCC(O)CC(O)CC(=O)O)c2C(C)C)c1F.[H-].[Na+]. The zero-order valence-electron chi connectivity index (χ0n) is 24.6. The van der Waals surface area contributed by atoms with E-state index in [0.29, 0.717) is 28.1 Å². The number of halogens is 2. The van der Waals surface area contributed by atoms with Crippen LogP contribution in [0.4, 0.5) is 8.78 Å². The molecule has 40 heavy (non-hydrogen) atoms. The molecule has 0 fully saturated rings. The molecule has 0 aliphatic carbocycles. The molecule has 0 spiro atoms. The van der Waals surface area contributed by atoms with E-state index >= 15 is 0 Å². The molecule has 0 aliphatic rings. The van der Waals surface area contributed by atoms with E-state index in [2.05, 4.69) is 5.10 Å². The molecule has 2 atom stereocenters. The second-order valence-corrected chi connectivity index (χ2v) is 10.1. The third-order valence-corrected chi connectivity index (χ3v) is 6.57. The number of hydrogen-bond acceptors (Lipinski definition) is 5. The maximum atomic E-state index is 14.6. The molecule has 1 amide bonds. The molecule has 0 aliphatic heterocycles. The molecule has 212 valence electrons. The number of carbonyl (C=O) groups excluding carboxylic acids is 1. The van der Waals surface area contributed by atoms with Gasteiger partial charge in [0.25, 0.3) is 5.91 Å². The number of rotatable bonds is 12. The number of carboxylic acid groups (broad SMARTS) is 1. The van der Waals surface area contributed by atoms with Crippen molar-refractivity contribution in [2.24, 2.45) is 0 Å². The number of aliphatic hydroxyl groups is 2. The van der Waals surface area contributed by atoms with Gasteiger partial charge in [-0.05, 0) is 61.9 Å². The molecule has 3 aromatic rings. The minimum Gasteiger partial charge on any atom is -1.00 e. The van der Waals surface area contributed by atoms with E-state index in [1.165, 1.54) is 29.2 Å². The van der Waals surface area contributed by atoms with Gasteiger partial charge in [-0.15, -0.1) is 0 Å². The third kappa shape index (κ3) is 8.44. The fraction of sp³-hybridized carbons (Fsp3) is 0.414. The fourth-order valence-corrected chi connectivity index (χ4v) is 4.62. The Hall–Kier alpha value is -2.63. The molecule has 0 bridgehead atoms. The van der Waals surface area contributed by atoms with Crippen LogP contribution in [0.1, 0.15) is 73.3 Å². The molecule has 1 aromatic heterocycles. The maximum absolute atomic E-state index is 14.6. The molecule has 11 heteroatoms. The van der Waals surface area contributed by atoms with E-state index in [-0.39, 0.29) is 74.2 Å². The van der Waals surface area contributed by atoms with Crippen molar-refractivity contribution >= 4 is 11.9 Å². The summed E-state index contributed by atoms with van der Waals surface area (Å²) in [7, 11) is 1.57. The number of carboxylic acids is 1. The summed E-state index contributed by atoms with van der Waals surface area (Å²) < 4.78 is 29.8. The second kappa shape index (κ2) is 14.8. The van der Waals surface area contributed by atoms with Gasteiger partial charge in [-0.1, -0.05) is 32.0 Å². The van der Waals surface area contributed by atoms with Crippen molar-refractivity contribution in [3.8, 4) is 5.69 Å². The van der Waals surface area contributed by atoms with E-state index in [9.17, 15) is 28.6 Å². The van der Waals surface area contributed by atoms with Gasteiger partial charge in [0.15, 0.2) is 5.69 Å². The molecule has 0 radical (unpaired) electrons. The zero-order valence-corrected chi connectivity index (χ0v) is 25.6. The second-order valence-electron chi connectivity index (χ2n) is 10.1. The number of carbonyl (C=O) groups is 2. The number of benzene rings is 2. The predicted octanol–water partition coefficient (Wildman–Crippen LogP) is 1.49. The molecule has 1 heterocycles. The van der Waals surface area contributed by atoms with Crippen LogP contribution >= 0.6 is 0 Å². The fourth-order valence-electron chi connectivity index (χ4n) is 4.62. The number of aliphatic carboxylic acids is 1. The maximum Gasteiger partial charge on any atom is 1.00 e. The first-order valence-corrected chi connectivity index (χ1v) is 12.8. The molecular weight excluding hydrogens is 531 g/mol. The monoisotopic (exact) mass is 567 g/mol. The summed E-state index contributed by atoms with van der Waals surface area (Å²) in [5, 5.41) is 33.9. The largest absolute Gasteiger partial charge is 1.00 e. The average molecular weight is 568 g/mol. The summed E-state index contributed by atoms with van der Waals surface area (Å²) in [5.41, 5.74) is 2.80. The van der Waals surface area contributed by atoms with Crippen LogP contribution in [0.2, 0.25) is 0 Å². The van der Waals surface area contributed by atoms with Crippen LogP contribution in [-0.4, -0.2) is 61.1 Å². The first kappa shape index (κ1) is 33.6. The number of amides is 1. The van der Waals surface area contributed by atoms with Crippen molar-refractivity contribution in [3.63, 3.8) is 0 Å². The van der Waals surface area contributed by atoms with Gasteiger partial charge in [-0.25, -0.2) is 13.5 Å². The number of aryl methyl sites for hydroxylation is 1. The van der Waals surface area contributed by atoms with Crippen molar-refractivity contribution in [1.82, 2.24) is 14.7 Å². The summed E-state index contributed by atoms with van der Waals surface area (Å²) in [6.07, 6.45) is -2.37. The predicted molar refractivity (Wildman–Crippen MR) is 143 cm³/mol. The van der Waals surface area contributed by atoms with Crippen LogP contribution in [0, 0.1) is 18.6 Å². The van der Waals surface area contributed by atoms with Gasteiger partial charge in [0.05, 0.1) is 24.3 Å². The Morgan fingerprint density at radius 2 is 1.73 bits per heavy atom. The Kier molecular flexibility index (Phi) is 12.5. The molecule has 0 saturated heterocycles. The number of aliphatic hydroxyl groups excluding tert-OH is 2. The first-order valence-electron chi connectivity index (χ1n) is 12.8. The molecule has 2 aromatic carbocycles. The van der Waals surface area contributed by atoms with E-state index in [1.807, 2.05) is 13.8 Å².